The largest absolute Gasteiger partial charge is 0.377 e. The molecule has 3 aromatic rings. The zero-order valence-electron chi connectivity index (χ0n) is 16.0. The maximum Gasteiger partial charge on any atom is 0.145 e. The van der Waals surface area contributed by atoms with E-state index >= 15 is 0 Å². The number of nitrogens with one attached hydrogen (secondary N) is 2. The van der Waals surface area contributed by atoms with Gasteiger partial charge in [0.25, 0.3) is 0 Å². The van der Waals surface area contributed by atoms with Crippen molar-refractivity contribution in [3.05, 3.63) is 42.5 Å². The SMILES string of the molecule is Cc1ccn2c(-c3cncc(N[C@H]4CN[C@H](COC(C)C)C4)n3)cnc2c1. The van der Waals surface area contributed by atoms with Crippen LogP contribution in [0, 0.1) is 6.92 Å². The van der Waals surface area contributed by atoms with Crippen LogP contribution in [-0.4, -0.2) is 50.7 Å². The molecule has 0 saturated carbocycles. The van der Waals surface area contributed by atoms with Gasteiger partial charge < -0.3 is 15.4 Å². The Balaban J connectivity index is 1.47. The number of anilines is 1. The molecule has 0 radical (unpaired) electrons. The molecule has 1 aliphatic heterocycles. The second-order valence-corrected chi connectivity index (χ2v) is 7.43. The lowest BCUT2D eigenvalue weighted by Gasteiger charge is -2.14. The van der Waals surface area contributed by atoms with E-state index in [9.17, 15) is 0 Å². The molecular formula is C20H26N6O. The van der Waals surface area contributed by atoms with E-state index in [1.54, 1.807) is 12.4 Å². The standard InChI is InChI=1S/C20H26N6O/c1-13(2)27-12-16-7-15(8-22-16)24-19-11-21-9-17(25-19)18-10-23-20-6-14(3)4-5-26(18)20/h4-6,9-11,13,15-16,22H,7-8,12H2,1-3H3,(H,24,25)/t15-,16+/m1/s1. The summed E-state index contributed by atoms with van der Waals surface area (Å²) < 4.78 is 7.75. The van der Waals surface area contributed by atoms with Gasteiger partial charge in [-0.2, -0.15) is 0 Å². The predicted octanol–water partition coefficient (Wildman–Crippen LogP) is 2.67. The normalized spacial score (nSPS) is 19.9. The van der Waals surface area contributed by atoms with E-state index in [1.807, 2.05) is 16.8 Å². The summed E-state index contributed by atoms with van der Waals surface area (Å²) >= 11 is 0. The van der Waals surface area contributed by atoms with Crippen LogP contribution >= 0.6 is 0 Å². The Morgan fingerprint density at radius 1 is 1.33 bits per heavy atom. The van der Waals surface area contributed by atoms with Crippen molar-refractivity contribution in [2.45, 2.75) is 45.4 Å². The summed E-state index contributed by atoms with van der Waals surface area (Å²) in [4.78, 5) is 13.6. The summed E-state index contributed by atoms with van der Waals surface area (Å²) in [5.74, 6) is 0.784. The molecule has 0 bridgehead atoms. The van der Waals surface area contributed by atoms with E-state index in [0.717, 1.165) is 42.4 Å². The molecule has 3 aromatic heterocycles. The number of nitrogens with zero attached hydrogens (tertiary/aromatic N) is 4. The van der Waals surface area contributed by atoms with Gasteiger partial charge >= 0.3 is 0 Å². The van der Waals surface area contributed by atoms with Gasteiger partial charge in [-0.25, -0.2) is 9.97 Å². The van der Waals surface area contributed by atoms with Gasteiger partial charge in [0.05, 0.1) is 37.0 Å². The number of imidazole rings is 1. The van der Waals surface area contributed by atoms with Crippen molar-refractivity contribution in [3.63, 3.8) is 0 Å². The number of aryl methyl sites for hydroxylation is 1. The fourth-order valence-electron chi connectivity index (χ4n) is 3.40. The van der Waals surface area contributed by atoms with Crippen molar-refractivity contribution in [1.82, 2.24) is 24.7 Å². The van der Waals surface area contributed by atoms with Crippen molar-refractivity contribution in [2.75, 3.05) is 18.5 Å². The highest BCUT2D eigenvalue weighted by atomic mass is 16.5. The van der Waals surface area contributed by atoms with E-state index in [4.69, 9.17) is 9.72 Å². The highest BCUT2D eigenvalue weighted by Crippen LogP contribution is 2.21. The number of hydrogen-bond acceptors (Lipinski definition) is 6. The lowest BCUT2D eigenvalue weighted by atomic mass is 10.2. The third kappa shape index (κ3) is 4.09. The van der Waals surface area contributed by atoms with E-state index in [0.29, 0.717) is 12.1 Å². The minimum atomic E-state index is 0.260. The van der Waals surface area contributed by atoms with Gasteiger partial charge in [0, 0.05) is 24.8 Å². The highest BCUT2D eigenvalue weighted by molar-refractivity contribution is 5.61. The van der Waals surface area contributed by atoms with E-state index < -0.39 is 0 Å². The fraction of sp³-hybridized carbons (Fsp3) is 0.450. The minimum absolute atomic E-state index is 0.260. The van der Waals surface area contributed by atoms with Crippen LogP contribution in [0.25, 0.3) is 17.0 Å². The van der Waals surface area contributed by atoms with Crippen LogP contribution in [0.5, 0.6) is 0 Å². The Bertz CT molecular complexity index is 922. The number of pyridine rings is 1. The number of hydrogen-bond donors (Lipinski definition) is 2. The van der Waals surface area contributed by atoms with Gasteiger partial charge in [0.2, 0.25) is 0 Å². The molecule has 7 nitrogen and oxygen atoms in total. The molecular weight excluding hydrogens is 340 g/mol. The maximum atomic E-state index is 5.71. The van der Waals surface area contributed by atoms with Crippen LogP contribution in [0.15, 0.2) is 36.9 Å². The lowest BCUT2D eigenvalue weighted by Crippen LogP contribution is -2.28. The number of rotatable bonds is 6. The van der Waals surface area contributed by atoms with Crippen molar-refractivity contribution < 1.29 is 4.74 Å². The zero-order valence-corrected chi connectivity index (χ0v) is 16.0. The third-order valence-corrected chi connectivity index (χ3v) is 4.77. The molecule has 1 fully saturated rings. The van der Waals surface area contributed by atoms with Gasteiger partial charge in [-0.1, -0.05) is 0 Å². The van der Waals surface area contributed by atoms with Gasteiger partial charge in [-0.15, -0.1) is 0 Å². The fourth-order valence-corrected chi connectivity index (χ4v) is 3.40. The monoisotopic (exact) mass is 366 g/mol. The summed E-state index contributed by atoms with van der Waals surface area (Å²) in [5, 5.41) is 7.00. The first-order chi connectivity index (χ1) is 13.1. The third-order valence-electron chi connectivity index (χ3n) is 4.77. The summed E-state index contributed by atoms with van der Waals surface area (Å²) in [7, 11) is 0. The van der Waals surface area contributed by atoms with Crippen LogP contribution in [0.4, 0.5) is 5.82 Å². The lowest BCUT2D eigenvalue weighted by molar-refractivity contribution is 0.0648. The van der Waals surface area contributed by atoms with Crippen LogP contribution in [0.2, 0.25) is 0 Å². The second-order valence-electron chi connectivity index (χ2n) is 7.43. The van der Waals surface area contributed by atoms with Gasteiger partial charge in [0.15, 0.2) is 0 Å². The maximum absolute atomic E-state index is 5.71. The minimum Gasteiger partial charge on any atom is -0.377 e. The molecule has 142 valence electrons. The summed E-state index contributed by atoms with van der Waals surface area (Å²) in [6.45, 7) is 7.82. The van der Waals surface area contributed by atoms with Crippen LogP contribution in [0.1, 0.15) is 25.8 Å². The van der Waals surface area contributed by atoms with Crippen LogP contribution < -0.4 is 10.6 Å². The Morgan fingerprint density at radius 3 is 3.07 bits per heavy atom. The average Bonchev–Trinajstić information content (AvgIpc) is 3.26. The number of fused-ring (bicyclic) bond motifs is 1. The molecule has 7 heteroatoms. The number of aromatic nitrogens is 4. The Labute approximate surface area is 159 Å². The Hall–Kier alpha value is -2.51. The highest BCUT2D eigenvalue weighted by Gasteiger charge is 2.24. The second kappa shape index (κ2) is 7.62. The molecule has 0 amide bonds. The van der Waals surface area contributed by atoms with Gasteiger partial charge in [-0.05, 0) is 44.9 Å². The Kier molecular flexibility index (Phi) is 5.05. The van der Waals surface area contributed by atoms with E-state index in [2.05, 4.69) is 53.5 Å². The zero-order chi connectivity index (χ0) is 18.8. The topological polar surface area (TPSA) is 76.4 Å². The van der Waals surface area contributed by atoms with E-state index in [-0.39, 0.29) is 6.10 Å². The van der Waals surface area contributed by atoms with E-state index in [1.165, 1.54) is 5.56 Å². The summed E-state index contributed by atoms with van der Waals surface area (Å²) in [6, 6.07) is 4.82. The molecule has 2 N–H and O–H groups in total. The van der Waals surface area contributed by atoms with Gasteiger partial charge in [0.1, 0.15) is 17.2 Å². The first-order valence-electron chi connectivity index (χ1n) is 9.46. The molecule has 0 unspecified atom stereocenters. The average molecular weight is 366 g/mol. The summed E-state index contributed by atoms with van der Waals surface area (Å²) in [6.07, 6.45) is 8.69. The van der Waals surface area contributed by atoms with Crippen LogP contribution in [-0.2, 0) is 4.74 Å². The quantitative estimate of drug-likeness (QED) is 0.698. The molecule has 0 aliphatic carbocycles. The van der Waals surface area contributed by atoms with Crippen LogP contribution in [0.3, 0.4) is 0 Å². The molecule has 4 rings (SSSR count). The molecule has 0 aromatic carbocycles. The molecule has 1 saturated heterocycles. The molecule has 27 heavy (non-hydrogen) atoms. The molecule has 0 spiro atoms. The molecule has 2 atom stereocenters. The molecule has 4 heterocycles. The van der Waals surface area contributed by atoms with Crippen molar-refractivity contribution in [1.29, 1.82) is 0 Å². The van der Waals surface area contributed by atoms with Crippen molar-refractivity contribution in [2.24, 2.45) is 0 Å². The first kappa shape index (κ1) is 17.9. The number of ether oxygens (including phenoxy) is 1. The summed E-state index contributed by atoms with van der Waals surface area (Å²) in [5.41, 5.74) is 3.85. The predicted molar refractivity (Wildman–Crippen MR) is 106 cm³/mol. The Morgan fingerprint density at radius 2 is 2.22 bits per heavy atom. The first-order valence-corrected chi connectivity index (χ1v) is 9.46. The van der Waals surface area contributed by atoms with Crippen molar-refractivity contribution in [3.8, 4) is 11.4 Å². The van der Waals surface area contributed by atoms with Gasteiger partial charge in [-0.3, -0.25) is 9.38 Å². The smallest absolute Gasteiger partial charge is 0.145 e. The molecule has 1 aliphatic rings. The van der Waals surface area contributed by atoms with Crippen molar-refractivity contribution >= 4 is 11.5 Å².